The van der Waals surface area contributed by atoms with E-state index in [1.54, 1.807) is 6.20 Å². The number of nitrogens with one attached hydrogen (secondary N) is 1. The van der Waals surface area contributed by atoms with Crippen molar-refractivity contribution in [2.45, 2.75) is 31.8 Å². The van der Waals surface area contributed by atoms with E-state index in [1.807, 2.05) is 0 Å². The van der Waals surface area contributed by atoms with Crippen molar-refractivity contribution in [3.63, 3.8) is 0 Å². The first-order valence-corrected chi connectivity index (χ1v) is 6.43. The third-order valence-electron chi connectivity index (χ3n) is 2.93. The molecule has 1 aliphatic rings. The predicted octanol–water partition coefficient (Wildman–Crippen LogP) is 2.05. The van der Waals surface area contributed by atoms with Crippen LogP contribution in [0.25, 0.3) is 0 Å². The van der Waals surface area contributed by atoms with Crippen LogP contribution in [0.4, 0.5) is 0 Å². The van der Waals surface area contributed by atoms with Crippen LogP contribution in [-0.4, -0.2) is 22.7 Å². The Balaban J connectivity index is 1.82. The fourth-order valence-electron chi connectivity index (χ4n) is 2.11. The Morgan fingerprint density at radius 2 is 2.47 bits per heavy atom. The fourth-order valence-corrected chi connectivity index (χ4v) is 3.02. The van der Waals surface area contributed by atoms with Crippen LogP contribution >= 0.6 is 22.9 Å². The number of aliphatic hydroxyl groups excluding tert-OH is 1. The van der Waals surface area contributed by atoms with E-state index in [0.29, 0.717) is 12.0 Å². The lowest BCUT2D eigenvalue weighted by Gasteiger charge is -2.18. The van der Waals surface area contributed by atoms with Crippen molar-refractivity contribution in [1.29, 1.82) is 0 Å². The fraction of sp³-hybridized carbons (Fsp3) is 0.700. The maximum Gasteiger partial charge on any atom is 0.113 e. The first kappa shape index (κ1) is 11.3. The van der Waals surface area contributed by atoms with Gasteiger partial charge in [-0.2, -0.15) is 0 Å². The molecule has 0 aromatic carbocycles. The third kappa shape index (κ3) is 2.91. The van der Waals surface area contributed by atoms with E-state index in [1.165, 1.54) is 17.8 Å². The minimum atomic E-state index is 0.288. The molecule has 0 spiro atoms. The predicted molar refractivity (Wildman–Crippen MR) is 62.2 cm³/mol. The SMILES string of the molecule is OCC1CCCC1NCc1ncc(Cl)s1. The number of thiazole rings is 1. The van der Waals surface area contributed by atoms with E-state index >= 15 is 0 Å². The molecular weight excluding hydrogens is 232 g/mol. The van der Waals surface area contributed by atoms with Crippen LogP contribution in [0.2, 0.25) is 4.34 Å². The van der Waals surface area contributed by atoms with Gasteiger partial charge in [-0.05, 0) is 18.8 Å². The van der Waals surface area contributed by atoms with Gasteiger partial charge in [-0.3, -0.25) is 0 Å². The zero-order chi connectivity index (χ0) is 10.7. The van der Waals surface area contributed by atoms with Gasteiger partial charge in [0.1, 0.15) is 9.34 Å². The van der Waals surface area contributed by atoms with Gasteiger partial charge in [-0.15, -0.1) is 11.3 Å². The molecule has 0 aliphatic heterocycles. The van der Waals surface area contributed by atoms with Gasteiger partial charge in [0.05, 0.1) is 6.20 Å². The van der Waals surface area contributed by atoms with Gasteiger partial charge in [-0.25, -0.2) is 4.98 Å². The molecule has 1 aliphatic carbocycles. The molecule has 2 atom stereocenters. The molecule has 1 aromatic heterocycles. The highest BCUT2D eigenvalue weighted by atomic mass is 35.5. The molecule has 0 bridgehead atoms. The average Bonchev–Trinajstić information content (AvgIpc) is 2.83. The van der Waals surface area contributed by atoms with Crippen molar-refractivity contribution in [3.05, 3.63) is 15.5 Å². The van der Waals surface area contributed by atoms with E-state index in [-0.39, 0.29) is 6.61 Å². The molecule has 5 heteroatoms. The van der Waals surface area contributed by atoms with E-state index in [0.717, 1.165) is 28.7 Å². The molecule has 0 radical (unpaired) electrons. The zero-order valence-electron chi connectivity index (χ0n) is 8.45. The number of hydrogen-bond donors (Lipinski definition) is 2. The summed E-state index contributed by atoms with van der Waals surface area (Å²) < 4.78 is 0.733. The lowest BCUT2D eigenvalue weighted by molar-refractivity contribution is 0.205. The Labute approximate surface area is 98.5 Å². The first-order chi connectivity index (χ1) is 7.29. The van der Waals surface area contributed by atoms with E-state index < -0.39 is 0 Å². The second-order valence-corrected chi connectivity index (χ2v) is 5.67. The number of aromatic nitrogens is 1. The second-order valence-electron chi connectivity index (χ2n) is 3.92. The highest BCUT2D eigenvalue weighted by Gasteiger charge is 2.25. The van der Waals surface area contributed by atoms with Gasteiger partial charge >= 0.3 is 0 Å². The Morgan fingerprint density at radius 3 is 3.13 bits per heavy atom. The zero-order valence-corrected chi connectivity index (χ0v) is 10.0. The summed E-state index contributed by atoms with van der Waals surface area (Å²) in [5.41, 5.74) is 0. The summed E-state index contributed by atoms with van der Waals surface area (Å²) in [5.74, 6) is 0.417. The van der Waals surface area contributed by atoms with Gasteiger partial charge < -0.3 is 10.4 Å². The van der Waals surface area contributed by atoms with Crippen LogP contribution in [0.3, 0.4) is 0 Å². The number of nitrogens with zero attached hydrogens (tertiary/aromatic N) is 1. The molecule has 15 heavy (non-hydrogen) atoms. The summed E-state index contributed by atoms with van der Waals surface area (Å²) in [6, 6.07) is 0.442. The Hall–Kier alpha value is -0.160. The maximum absolute atomic E-state index is 9.16. The molecule has 2 unspecified atom stereocenters. The largest absolute Gasteiger partial charge is 0.396 e. The molecule has 2 N–H and O–H groups in total. The molecule has 3 nitrogen and oxygen atoms in total. The number of aliphatic hydroxyl groups is 1. The van der Waals surface area contributed by atoms with Crippen molar-refractivity contribution < 1.29 is 5.11 Å². The highest BCUT2D eigenvalue weighted by molar-refractivity contribution is 7.15. The summed E-state index contributed by atoms with van der Waals surface area (Å²) >= 11 is 7.31. The number of rotatable bonds is 4. The summed E-state index contributed by atoms with van der Waals surface area (Å²) in [6.07, 6.45) is 5.18. The van der Waals surface area contributed by atoms with Crippen LogP contribution < -0.4 is 5.32 Å². The monoisotopic (exact) mass is 246 g/mol. The smallest absolute Gasteiger partial charge is 0.113 e. The van der Waals surface area contributed by atoms with Gasteiger partial charge in [0.25, 0.3) is 0 Å². The summed E-state index contributed by atoms with van der Waals surface area (Å²) in [6.45, 7) is 1.05. The highest BCUT2D eigenvalue weighted by Crippen LogP contribution is 2.26. The second kappa shape index (κ2) is 5.25. The summed E-state index contributed by atoms with van der Waals surface area (Å²) in [4.78, 5) is 4.19. The number of halogens is 1. The molecule has 1 aromatic rings. The van der Waals surface area contributed by atoms with Crippen LogP contribution in [0.1, 0.15) is 24.3 Å². The van der Waals surface area contributed by atoms with Crippen LogP contribution in [-0.2, 0) is 6.54 Å². The van der Waals surface area contributed by atoms with E-state index in [2.05, 4.69) is 10.3 Å². The quantitative estimate of drug-likeness (QED) is 0.855. The van der Waals surface area contributed by atoms with Crippen molar-refractivity contribution in [3.8, 4) is 0 Å². The summed E-state index contributed by atoms with van der Waals surface area (Å²) in [5, 5.41) is 13.6. The topological polar surface area (TPSA) is 45.1 Å². The maximum atomic E-state index is 9.16. The van der Waals surface area contributed by atoms with E-state index in [9.17, 15) is 0 Å². The van der Waals surface area contributed by atoms with Crippen molar-refractivity contribution in [2.24, 2.45) is 5.92 Å². The normalized spacial score (nSPS) is 26.0. The lowest BCUT2D eigenvalue weighted by atomic mass is 10.1. The molecule has 1 heterocycles. The summed E-state index contributed by atoms with van der Waals surface area (Å²) in [7, 11) is 0. The minimum absolute atomic E-state index is 0.288. The average molecular weight is 247 g/mol. The molecule has 0 amide bonds. The van der Waals surface area contributed by atoms with Crippen LogP contribution in [0.15, 0.2) is 6.20 Å². The van der Waals surface area contributed by atoms with Crippen LogP contribution in [0, 0.1) is 5.92 Å². The van der Waals surface area contributed by atoms with Crippen molar-refractivity contribution >= 4 is 22.9 Å². The van der Waals surface area contributed by atoms with Crippen LogP contribution in [0.5, 0.6) is 0 Å². The van der Waals surface area contributed by atoms with Gasteiger partial charge in [0, 0.05) is 19.2 Å². The third-order valence-corrected chi connectivity index (χ3v) is 4.05. The minimum Gasteiger partial charge on any atom is -0.396 e. The van der Waals surface area contributed by atoms with Gasteiger partial charge in [0.2, 0.25) is 0 Å². The standard InChI is InChI=1S/C10H15ClN2OS/c11-9-4-13-10(15-9)5-12-8-3-1-2-7(8)6-14/h4,7-8,12,14H,1-3,5-6H2. The van der Waals surface area contributed by atoms with Crippen molar-refractivity contribution in [1.82, 2.24) is 10.3 Å². The molecule has 1 fully saturated rings. The number of hydrogen-bond acceptors (Lipinski definition) is 4. The molecule has 2 rings (SSSR count). The lowest BCUT2D eigenvalue weighted by Crippen LogP contribution is -2.33. The van der Waals surface area contributed by atoms with Gasteiger partial charge in [0.15, 0.2) is 0 Å². The molecule has 84 valence electrons. The van der Waals surface area contributed by atoms with Gasteiger partial charge in [-0.1, -0.05) is 18.0 Å². The first-order valence-electron chi connectivity index (χ1n) is 5.24. The Kier molecular flexibility index (Phi) is 3.97. The molecular formula is C10H15ClN2OS. The Morgan fingerprint density at radius 1 is 1.60 bits per heavy atom. The molecule has 0 saturated heterocycles. The van der Waals surface area contributed by atoms with Crippen molar-refractivity contribution in [2.75, 3.05) is 6.61 Å². The Bertz CT molecular complexity index is 318. The van der Waals surface area contributed by atoms with E-state index in [4.69, 9.17) is 16.7 Å². The molecule has 1 saturated carbocycles.